The molecule has 1 N–H and O–H groups in total. The van der Waals surface area contributed by atoms with Gasteiger partial charge in [0.15, 0.2) is 0 Å². The number of thiophene rings is 1. The lowest BCUT2D eigenvalue weighted by molar-refractivity contribution is 0.285. The molecule has 4 heteroatoms. The van der Waals surface area contributed by atoms with Crippen LogP contribution in [0.3, 0.4) is 0 Å². The van der Waals surface area contributed by atoms with E-state index < -0.39 is 0 Å². The van der Waals surface area contributed by atoms with Crippen molar-refractivity contribution in [3.63, 3.8) is 0 Å². The van der Waals surface area contributed by atoms with Crippen LogP contribution in [0, 0.1) is 3.57 Å². The second kappa shape index (κ2) is 4.47. The molecule has 1 aromatic carbocycles. The number of hydrogen-bond acceptors (Lipinski definition) is 2. The van der Waals surface area contributed by atoms with Crippen LogP contribution in [-0.2, 0) is 11.9 Å². The first kappa shape index (κ1) is 10.9. The fourth-order valence-electron chi connectivity index (χ4n) is 1.45. The van der Waals surface area contributed by atoms with Crippen molar-refractivity contribution in [3.05, 3.63) is 32.2 Å². The fourth-order valence-corrected chi connectivity index (χ4v) is 4.10. The summed E-state index contributed by atoms with van der Waals surface area (Å²) in [6, 6.07) is 6.39. The number of halogens is 2. The third-order valence-electron chi connectivity index (χ3n) is 2.12. The van der Waals surface area contributed by atoms with Crippen LogP contribution >= 0.6 is 49.9 Å². The Morgan fingerprint density at radius 1 is 1.43 bits per heavy atom. The van der Waals surface area contributed by atoms with Crippen LogP contribution in [0.15, 0.2) is 18.2 Å². The fraction of sp³-hybridized carbons (Fsp3) is 0.200. The van der Waals surface area contributed by atoms with Crippen LogP contribution in [0.5, 0.6) is 0 Å². The highest BCUT2D eigenvalue weighted by molar-refractivity contribution is 14.1. The second-order valence-corrected chi connectivity index (χ2v) is 5.88. The van der Waals surface area contributed by atoms with Gasteiger partial charge in [-0.3, -0.25) is 0 Å². The number of fused-ring (bicyclic) bond motifs is 1. The summed E-state index contributed by atoms with van der Waals surface area (Å²) < 4.78 is 2.50. The molecule has 0 radical (unpaired) electrons. The molecule has 0 saturated carbocycles. The summed E-state index contributed by atoms with van der Waals surface area (Å²) in [5.74, 6) is 0. The molecule has 0 bridgehead atoms. The van der Waals surface area contributed by atoms with Crippen molar-refractivity contribution in [2.24, 2.45) is 0 Å². The first-order valence-electron chi connectivity index (χ1n) is 4.13. The Morgan fingerprint density at radius 3 is 2.86 bits per heavy atom. The Hall–Kier alpha value is 0.350. The first-order valence-corrected chi connectivity index (χ1v) is 7.14. The molecule has 74 valence electrons. The minimum absolute atomic E-state index is 0.136. The molecule has 0 aliphatic heterocycles. The maximum Gasteiger partial charge on any atom is 0.0777 e. The van der Waals surface area contributed by atoms with Crippen molar-refractivity contribution in [2.75, 3.05) is 0 Å². The van der Waals surface area contributed by atoms with Crippen LogP contribution in [-0.4, -0.2) is 5.11 Å². The van der Waals surface area contributed by atoms with E-state index in [-0.39, 0.29) is 6.61 Å². The van der Waals surface area contributed by atoms with Crippen molar-refractivity contribution < 1.29 is 5.11 Å². The largest absolute Gasteiger partial charge is 0.391 e. The molecule has 0 spiro atoms. The summed E-state index contributed by atoms with van der Waals surface area (Å²) in [7, 11) is 0. The summed E-state index contributed by atoms with van der Waals surface area (Å²) in [4.78, 5) is 1.07. The van der Waals surface area contributed by atoms with Gasteiger partial charge >= 0.3 is 0 Å². The minimum atomic E-state index is 0.136. The van der Waals surface area contributed by atoms with E-state index in [9.17, 15) is 5.11 Å². The molecule has 1 aromatic heterocycles. The molecule has 0 amide bonds. The first-order chi connectivity index (χ1) is 6.76. The van der Waals surface area contributed by atoms with E-state index in [0.29, 0.717) is 0 Å². The Morgan fingerprint density at radius 2 is 2.21 bits per heavy atom. The predicted molar refractivity (Wildman–Crippen MR) is 73.1 cm³/mol. The zero-order valence-electron chi connectivity index (χ0n) is 7.26. The molecule has 0 fully saturated rings. The normalized spacial score (nSPS) is 11.1. The molecule has 0 saturated heterocycles. The molecule has 1 nitrogen and oxygen atoms in total. The van der Waals surface area contributed by atoms with Crippen LogP contribution in [0.1, 0.15) is 10.4 Å². The van der Waals surface area contributed by atoms with E-state index >= 15 is 0 Å². The van der Waals surface area contributed by atoms with Crippen molar-refractivity contribution in [1.82, 2.24) is 0 Å². The van der Waals surface area contributed by atoms with Crippen LogP contribution in [0.4, 0.5) is 0 Å². The average molecular weight is 383 g/mol. The van der Waals surface area contributed by atoms with Crippen molar-refractivity contribution in [3.8, 4) is 0 Å². The quantitative estimate of drug-likeness (QED) is 0.617. The zero-order chi connectivity index (χ0) is 10.1. The Labute approximate surface area is 108 Å². The minimum Gasteiger partial charge on any atom is -0.391 e. The van der Waals surface area contributed by atoms with E-state index in [1.54, 1.807) is 11.3 Å². The number of hydrogen-bond donors (Lipinski definition) is 1. The monoisotopic (exact) mass is 382 g/mol. The Kier molecular flexibility index (Phi) is 3.46. The highest BCUT2D eigenvalue weighted by Crippen LogP contribution is 2.33. The summed E-state index contributed by atoms with van der Waals surface area (Å²) in [5.41, 5.74) is 1.23. The molecule has 0 aliphatic carbocycles. The summed E-state index contributed by atoms with van der Waals surface area (Å²) in [6.45, 7) is 0.136. The topological polar surface area (TPSA) is 20.2 Å². The van der Waals surface area contributed by atoms with E-state index in [4.69, 9.17) is 0 Å². The lowest BCUT2D eigenvalue weighted by atomic mass is 10.1. The van der Waals surface area contributed by atoms with Crippen molar-refractivity contribution in [1.29, 1.82) is 0 Å². The SMILES string of the molecule is OCc1sc2cc(I)ccc2c1CBr. The van der Waals surface area contributed by atoms with Gasteiger partial charge in [0.2, 0.25) is 0 Å². The number of aliphatic hydroxyl groups is 1. The lowest BCUT2D eigenvalue weighted by Crippen LogP contribution is -1.83. The van der Waals surface area contributed by atoms with Gasteiger partial charge in [0, 0.05) is 18.5 Å². The number of aliphatic hydroxyl groups excluding tert-OH is 1. The predicted octanol–water partition coefficient (Wildman–Crippen LogP) is 3.89. The summed E-state index contributed by atoms with van der Waals surface area (Å²) in [5, 5.41) is 11.3. The molecule has 2 rings (SSSR count). The highest BCUT2D eigenvalue weighted by Gasteiger charge is 2.09. The zero-order valence-corrected chi connectivity index (χ0v) is 11.8. The van der Waals surface area contributed by atoms with Gasteiger partial charge in [0.05, 0.1) is 6.61 Å². The maximum atomic E-state index is 9.21. The van der Waals surface area contributed by atoms with Gasteiger partial charge in [0.25, 0.3) is 0 Å². The number of alkyl halides is 1. The van der Waals surface area contributed by atoms with E-state index in [1.807, 2.05) is 0 Å². The van der Waals surface area contributed by atoms with Gasteiger partial charge in [-0.15, -0.1) is 11.3 Å². The standard InChI is InChI=1S/C10H8BrIOS/c11-4-8-7-2-1-6(12)3-9(7)14-10(8)5-13/h1-3,13H,4-5H2. The van der Waals surface area contributed by atoms with Crippen LogP contribution in [0.25, 0.3) is 10.1 Å². The number of rotatable bonds is 2. The molecule has 1 heterocycles. The van der Waals surface area contributed by atoms with Crippen LogP contribution in [0.2, 0.25) is 0 Å². The third kappa shape index (κ3) is 1.85. The van der Waals surface area contributed by atoms with E-state index in [2.05, 4.69) is 56.7 Å². The van der Waals surface area contributed by atoms with Gasteiger partial charge < -0.3 is 5.11 Å². The van der Waals surface area contributed by atoms with Gasteiger partial charge in [0.1, 0.15) is 0 Å². The van der Waals surface area contributed by atoms with Crippen LogP contribution < -0.4 is 0 Å². The number of benzene rings is 1. The highest BCUT2D eigenvalue weighted by atomic mass is 127. The van der Waals surface area contributed by atoms with E-state index in [1.165, 1.54) is 19.2 Å². The third-order valence-corrected chi connectivity index (χ3v) is 4.53. The molecule has 0 atom stereocenters. The second-order valence-electron chi connectivity index (χ2n) is 2.94. The molecule has 0 unspecified atom stereocenters. The smallest absolute Gasteiger partial charge is 0.0777 e. The average Bonchev–Trinajstić information content (AvgIpc) is 2.54. The van der Waals surface area contributed by atoms with Crippen molar-refractivity contribution >= 4 is 59.9 Å². The Balaban J connectivity index is 2.73. The van der Waals surface area contributed by atoms with Crippen molar-refractivity contribution in [2.45, 2.75) is 11.9 Å². The Bertz CT molecular complexity index is 466. The van der Waals surface area contributed by atoms with Gasteiger partial charge in [-0.25, -0.2) is 0 Å². The molecular formula is C10H8BrIOS. The van der Waals surface area contributed by atoms with Gasteiger partial charge in [-0.05, 0) is 45.7 Å². The molecule has 0 aliphatic rings. The van der Waals surface area contributed by atoms with E-state index in [0.717, 1.165) is 10.2 Å². The lowest BCUT2D eigenvalue weighted by Gasteiger charge is -1.96. The molecular weight excluding hydrogens is 375 g/mol. The summed E-state index contributed by atoms with van der Waals surface area (Å²) >= 11 is 7.44. The maximum absolute atomic E-state index is 9.21. The molecule has 2 aromatic rings. The van der Waals surface area contributed by atoms with Gasteiger partial charge in [-0.2, -0.15) is 0 Å². The summed E-state index contributed by atoms with van der Waals surface area (Å²) in [6.07, 6.45) is 0. The molecule has 14 heavy (non-hydrogen) atoms. The van der Waals surface area contributed by atoms with Gasteiger partial charge in [-0.1, -0.05) is 22.0 Å².